The van der Waals surface area contributed by atoms with Crippen molar-refractivity contribution < 1.29 is 14.3 Å². The van der Waals surface area contributed by atoms with Crippen LogP contribution >= 0.6 is 11.8 Å². The molecular formula is C26H28N2O3S. The highest BCUT2D eigenvalue weighted by Gasteiger charge is 2.40. The summed E-state index contributed by atoms with van der Waals surface area (Å²) in [6, 6.07) is 16.2. The number of nitrogens with zero attached hydrogens (tertiary/aromatic N) is 1. The third kappa shape index (κ3) is 4.29. The number of rotatable bonds is 3. The number of fused-ring (bicyclic) bond motifs is 2. The number of benzene rings is 2. The van der Waals surface area contributed by atoms with Gasteiger partial charge in [0.2, 0.25) is 5.91 Å². The monoisotopic (exact) mass is 448 g/mol. The lowest BCUT2D eigenvalue weighted by molar-refractivity contribution is -0.138. The molecule has 2 aromatic rings. The minimum absolute atomic E-state index is 0.00506. The summed E-state index contributed by atoms with van der Waals surface area (Å²) in [5, 5.41) is 3.51. The maximum atomic E-state index is 13.3. The summed E-state index contributed by atoms with van der Waals surface area (Å²) in [6.07, 6.45) is 5.42. The Hall–Kier alpha value is -2.73. The molecule has 3 atom stereocenters. The van der Waals surface area contributed by atoms with Gasteiger partial charge in [0, 0.05) is 30.3 Å². The minimum Gasteiger partial charge on any atom is -0.497 e. The van der Waals surface area contributed by atoms with Crippen molar-refractivity contribution in [1.29, 1.82) is 0 Å². The van der Waals surface area contributed by atoms with Gasteiger partial charge in [-0.2, -0.15) is 0 Å². The van der Waals surface area contributed by atoms with Crippen LogP contribution in [-0.2, 0) is 22.6 Å². The zero-order chi connectivity index (χ0) is 22.1. The normalized spacial score (nSPS) is 26.2. The number of carbonyl (C=O) groups is 2. The molecule has 0 radical (unpaired) electrons. The van der Waals surface area contributed by atoms with Gasteiger partial charge in [0.15, 0.2) is 0 Å². The lowest BCUT2D eigenvalue weighted by atomic mass is 9.83. The molecule has 1 saturated carbocycles. The number of carbonyl (C=O) groups excluding carboxylic acids is 2. The number of methoxy groups -OCH3 is 1. The second-order valence-corrected chi connectivity index (χ2v) is 10.1. The molecular weight excluding hydrogens is 420 g/mol. The molecule has 0 spiro atoms. The SMILES string of the molecule is COc1ccc(/C=C2/SC3CCC(C(=O)N4CCc5ccccc5C4)CC3NC2=O)cc1. The average Bonchev–Trinajstić information content (AvgIpc) is 2.84. The van der Waals surface area contributed by atoms with Crippen LogP contribution in [0.1, 0.15) is 36.0 Å². The smallest absolute Gasteiger partial charge is 0.257 e. The van der Waals surface area contributed by atoms with Crippen molar-refractivity contribution in [2.24, 2.45) is 5.92 Å². The van der Waals surface area contributed by atoms with Crippen molar-refractivity contribution in [3.8, 4) is 5.75 Å². The molecule has 1 aliphatic carbocycles. The molecule has 0 bridgehead atoms. The van der Waals surface area contributed by atoms with Crippen molar-refractivity contribution in [2.75, 3.05) is 13.7 Å². The number of thioether (sulfide) groups is 1. The quantitative estimate of drug-likeness (QED) is 0.721. The van der Waals surface area contributed by atoms with Crippen LogP contribution in [-0.4, -0.2) is 41.7 Å². The second-order valence-electron chi connectivity index (χ2n) is 8.81. The van der Waals surface area contributed by atoms with E-state index in [4.69, 9.17) is 4.74 Å². The average molecular weight is 449 g/mol. The van der Waals surface area contributed by atoms with Crippen LogP contribution in [0.5, 0.6) is 5.75 Å². The fourth-order valence-corrected chi connectivity index (χ4v) is 6.30. The minimum atomic E-state index is -0.0351. The Labute approximate surface area is 193 Å². The first-order valence-electron chi connectivity index (χ1n) is 11.3. The number of hydrogen-bond donors (Lipinski definition) is 1. The molecule has 2 amide bonds. The Morgan fingerprint density at radius 2 is 1.91 bits per heavy atom. The molecule has 32 heavy (non-hydrogen) atoms. The van der Waals surface area contributed by atoms with Gasteiger partial charge in [-0.25, -0.2) is 0 Å². The van der Waals surface area contributed by atoms with E-state index in [0.29, 0.717) is 11.8 Å². The lowest BCUT2D eigenvalue weighted by Gasteiger charge is -2.41. The summed E-state index contributed by atoms with van der Waals surface area (Å²) < 4.78 is 5.21. The van der Waals surface area contributed by atoms with E-state index in [9.17, 15) is 9.59 Å². The topological polar surface area (TPSA) is 58.6 Å². The molecule has 0 aromatic heterocycles. The van der Waals surface area contributed by atoms with Crippen LogP contribution in [0.25, 0.3) is 6.08 Å². The zero-order valence-electron chi connectivity index (χ0n) is 18.3. The van der Waals surface area contributed by atoms with Crippen molar-refractivity contribution in [3.63, 3.8) is 0 Å². The number of hydrogen-bond acceptors (Lipinski definition) is 4. The Bertz CT molecular complexity index is 1050. The van der Waals surface area contributed by atoms with Crippen LogP contribution in [0.2, 0.25) is 0 Å². The van der Waals surface area contributed by atoms with Crippen molar-refractivity contribution in [3.05, 3.63) is 70.1 Å². The van der Waals surface area contributed by atoms with E-state index in [1.54, 1.807) is 18.9 Å². The summed E-state index contributed by atoms with van der Waals surface area (Å²) in [5.74, 6) is 1.01. The zero-order valence-corrected chi connectivity index (χ0v) is 19.1. The van der Waals surface area contributed by atoms with E-state index in [2.05, 4.69) is 23.5 Å². The van der Waals surface area contributed by atoms with E-state index in [-0.39, 0.29) is 23.8 Å². The van der Waals surface area contributed by atoms with Crippen LogP contribution < -0.4 is 10.1 Å². The highest BCUT2D eigenvalue weighted by molar-refractivity contribution is 8.04. The molecule has 1 saturated heterocycles. The Balaban J connectivity index is 1.22. The van der Waals surface area contributed by atoms with E-state index in [1.165, 1.54) is 11.1 Å². The first-order valence-corrected chi connectivity index (χ1v) is 12.2. The molecule has 1 N–H and O–H groups in total. The Morgan fingerprint density at radius 1 is 1.12 bits per heavy atom. The molecule has 2 fully saturated rings. The fraction of sp³-hybridized carbons (Fsp3) is 0.385. The van der Waals surface area contributed by atoms with Crippen LogP contribution in [0, 0.1) is 5.92 Å². The van der Waals surface area contributed by atoms with Gasteiger partial charge in [0.05, 0.1) is 12.0 Å². The predicted molar refractivity (Wildman–Crippen MR) is 127 cm³/mol. The fourth-order valence-electron chi connectivity index (χ4n) is 5.01. The molecule has 5 nitrogen and oxygen atoms in total. The molecule has 2 aliphatic heterocycles. The van der Waals surface area contributed by atoms with E-state index < -0.39 is 0 Å². The van der Waals surface area contributed by atoms with Gasteiger partial charge in [-0.15, -0.1) is 11.8 Å². The van der Waals surface area contributed by atoms with Gasteiger partial charge in [0.1, 0.15) is 5.75 Å². The van der Waals surface area contributed by atoms with E-state index >= 15 is 0 Å². The van der Waals surface area contributed by atoms with Gasteiger partial charge in [-0.3, -0.25) is 9.59 Å². The second kappa shape index (κ2) is 9.02. The van der Waals surface area contributed by atoms with Crippen LogP contribution in [0.3, 0.4) is 0 Å². The van der Waals surface area contributed by atoms with Gasteiger partial charge in [-0.05, 0) is 60.6 Å². The summed E-state index contributed by atoms with van der Waals surface area (Å²) in [5.41, 5.74) is 3.60. The first-order chi connectivity index (χ1) is 15.6. The molecule has 6 heteroatoms. The van der Waals surface area contributed by atoms with Gasteiger partial charge in [-0.1, -0.05) is 36.4 Å². The first kappa shape index (κ1) is 21.1. The van der Waals surface area contributed by atoms with Gasteiger partial charge >= 0.3 is 0 Å². The third-order valence-corrected chi connectivity index (χ3v) is 8.23. The van der Waals surface area contributed by atoms with Gasteiger partial charge in [0.25, 0.3) is 5.91 Å². The molecule has 2 aromatic carbocycles. The maximum Gasteiger partial charge on any atom is 0.257 e. The maximum absolute atomic E-state index is 13.3. The van der Waals surface area contributed by atoms with E-state index in [1.807, 2.05) is 41.3 Å². The van der Waals surface area contributed by atoms with Crippen molar-refractivity contribution in [1.82, 2.24) is 10.2 Å². The largest absolute Gasteiger partial charge is 0.497 e. The highest BCUT2D eigenvalue weighted by atomic mass is 32.2. The molecule has 3 aliphatic rings. The van der Waals surface area contributed by atoms with E-state index in [0.717, 1.165) is 48.4 Å². The Morgan fingerprint density at radius 3 is 2.69 bits per heavy atom. The highest BCUT2D eigenvalue weighted by Crippen LogP contribution is 2.40. The number of amides is 2. The summed E-state index contributed by atoms with van der Waals surface area (Å²) >= 11 is 1.66. The number of ether oxygens (including phenoxy) is 1. The molecule has 5 rings (SSSR count). The third-order valence-electron chi connectivity index (χ3n) is 6.81. The lowest BCUT2D eigenvalue weighted by Crippen LogP contribution is -2.52. The van der Waals surface area contributed by atoms with Crippen molar-refractivity contribution in [2.45, 2.75) is 43.5 Å². The van der Waals surface area contributed by atoms with Crippen LogP contribution in [0.15, 0.2) is 53.4 Å². The molecule has 3 unspecified atom stereocenters. The standard InChI is InChI=1S/C26H28N2O3S/c1-31-21-9-6-17(7-10-21)14-24-25(29)27-22-15-19(8-11-23(22)32-24)26(30)28-13-12-18-4-2-3-5-20(18)16-28/h2-7,9-10,14,19,22-23H,8,11-13,15-16H2,1H3,(H,27,29)/b24-14+. The molecule has 2 heterocycles. The predicted octanol–water partition coefficient (Wildman–Crippen LogP) is 4.02. The summed E-state index contributed by atoms with van der Waals surface area (Å²) in [7, 11) is 1.64. The summed E-state index contributed by atoms with van der Waals surface area (Å²) in [6.45, 7) is 1.49. The van der Waals surface area contributed by atoms with Crippen LogP contribution in [0.4, 0.5) is 0 Å². The Kier molecular flexibility index (Phi) is 5.96. The summed E-state index contributed by atoms with van der Waals surface area (Å²) in [4.78, 5) is 28.8. The van der Waals surface area contributed by atoms with Gasteiger partial charge < -0.3 is 15.0 Å². The number of nitrogens with one attached hydrogen (secondary N) is 1. The molecule has 166 valence electrons. The van der Waals surface area contributed by atoms with Crippen molar-refractivity contribution >= 4 is 29.7 Å².